The normalized spacial score (nSPS) is 21.4. The molecule has 1 saturated heterocycles. The second kappa shape index (κ2) is 7.41. The Labute approximate surface area is 121 Å². The average molecular weight is 275 g/mol. The fourth-order valence-electron chi connectivity index (χ4n) is 2.78. The molecule has 2 atom stereocenters. The highest BCUT2D eigenvalue weighted by atomic mass is 16.2. The zero-order chi connectivity index (χ0) is 14.4. The lowest BCUT2D eigenvalue weighted by molar-refractivity contribution is -0.122. The van der Waals surface area contributed by atoms with Crippen LogP contribution in [-0.2, 0) is 11.2 Å². The molecule has 1 heterocycles. The Morgan fingerprint density at radius 3 is 2.90 bits per heavy atom. The fourth-order valence-corrected chi connectivity index (χ4v) is 2.78. The first-order valence-corrected chi connectivity index (χ1v) is 7.41. The first-order valence-electron chi connectivity index (χ1n) is 7.41. The molecule has 1 amide bonds. The number of piperidine rings is 1. The van der Waals surface area contributed by atoms with Gasteiger partial charge in [-0.2, -0.15) is 0 Å². The molecule has 110 valence electrons. The van der Waals surface area contributed by atoms with E-state index in [-0.39, 0.29) is 5.91 Å². The largest absolute Gasteiger partial charge is 0.354 e. The summed E-state index contributed by atoms with van der Waals surface area (Å²) in [4.78, 5) is 14.3. The molecule has 1 fully saturated rings. The highest BCUT2D eigenvalue weighted by Gasteiger charge is 2.19. The minimum absolute atomic E-state index is 0.0397. The van der Waals surface area contributed by atoms with E-state index in [9.17, 15) is 4.79 Å². The third kappa shape index (κ3) is 4.62. The Balaban J connectivity index is 1.74. The Kier molecular flexibility index (Phi) is 5.56. The van der Waals surface area contributed by atoms with Crippen molar-refractivity contribution < 1.29 is 4.79 Å². The Bertz CT molecular complexity index is 421. The number of amides is 1. The molecular weight excluding hydrogens is 250 g/mol. The van der Waals surface area contributed by atoms with Gasteiger partial charge in [-0.05, 0) is 44.3 Å². The van der Waals surface area contributed by atoms with Crippen LogP contribution in [0, 0.1) is 5.92 Å². The van der Waals surface area contributed by atoms with Gasteiger partial charge >= 0.3 is 0 Å². The minimum atomic E-state index is -0.460. The third-order valence-corrected chi connectivity index (χ3v) is 3.92. The highest BCUT2D eigenvalue weighted by Crippen LogP contribution is 2.13. The lowest BCUT2D eigenvalue weighted by atomic mass is 9.98. The summed E-state index contributed by atoms with van der Waals surface area (Å²) in [5.41, 5.74) is 7.07. The van der Waals surface area contributed by atoms with Gasteiger partial charge in [0.05, 0.1) is 6.04 Å². The summed E-state index contributed by atoms with van der Waals surface area (Å²) < 4.78 is 0. The third-order valence-electron chi connectivity index (χ3n) is 3.92. The Morgan fingerprint density at radius 1 is 1.45 bits per heavy atom. The van der Waals surface area contributed by atoms with Crippen LogP contribution in [0.3, 0.4) is 0 Å². The number of benzene rings is 1. The highest BCUT2D eigenvalue weighted by molar-refractivity contribution is 5.81. The first kappa shape index (κ1) is 15.0. The zero-order valence-corrected chi connectivity index (χ0v) is 12.2. The number of carbonyl (C=O) groups excluding carboxylic acids is 1. The maximum absolute atomic E-state index is 12.0. The van der Waals surface area contributed by atoms with Crippen LogP contribution in [0.25, 0.3) is 0 Å². The molecule has 20 heavy (non-hydrogen) atoms. The number of nitrogens with two attached hydrogens (primary N) is 1. The van der Waals surface area contributed by atoms with Gasteiger partial charge in [-0.1, -0.05) is 30.3 Å². The van der Waals surface area contributed by atoms with Crippen molar-refractivity contribution in [3.63, 3.8) is 0 Å². The van der Waals surface area contributed by atoms with Gasteiger partial charge in [0.15, 0.2) is 0 Å². The lowest BCUT2D eigenvalue weighted by Crippen LogP contribution is -2.45. The number of hydrogen-bond acceptors (Lipinski definition) is 3. The molecule has 1 aromatic rings. The smallest absolute Gasteiger partial charge is 0.237 e. The van der Waals surface area contributed by atoms with E-state index in [0.29, 0.717) is 12.3 Å². The molecule has 1 aliphatic rings. The van der Waals surface area contributed by atoms with E-state index < -0.39 is 6.04 Å². The van der Waals surface area contributed by atoms with Crippen molar-refractivity contribution in [2.75, 3.05) is 26.7 Å². The molecule has 0 spiro atoms. The van der Waals surface area contributed by atoms with Gasteiger partial charge in [0.2, 0.25) is 5.91 Å². The molecule has 1 unspecified atom stereocenters. The standard InChI is InChI=1S/C16H25N3O/c1-19-9-5-8-14(12-19)11-18-16(20)15(17)10-13-6-3-2-4-7-13/h2-4,6-7,14-15H,5,8-12,17H2,1H3,(H,18,20)/t14?,15-/m0/s1. The second-order valence-electron chi connectivity index (χ2n) is 5.81. The molecule has 0 bridgehead atoms. The van der Waals surface area contributed by atoms with Gasteiger partial charge in [0, 0.05) is 13.1 Å². The van der Waals surface area contributed by atoms with Crippen LogP contribution in [0.2, 0.25) is 0 Å². The van der Waals surface area contributed by atoms with E-state index in [1.165, 1.54) is 12.8 Å². The van der Waals surface area contributed by atoms with Crippen LogP contribution in [0.15, 0.2) is 30.3 Å². The molecule has 0 aromatic heterocycles. The fraction of sp³-hybridized carbons (Fsp3) is 0.562. The van der Waals surface area contributed by atoms with Gasteiger partial charge in [0.1, 0.15) is 0 Å². The SMILES string of the molecule is CN1CCCC(CNC(=O)[C@@H](N)Cc2ccccc2)C1. The van der Waals surface area contributed by atoms with E-state index in [2.05, 4.69) is 17.3 Å². The number of likely N-dealkylation sites (tertiary alicyclic amines) is 1. The van der Waals surface area contributed by atoms with Crippen LogP contribution < -0.4 is 11.1 Å². The molecule has 0 aliphatic carbocycles. The van der Waals surface area contributed by atoms with Crippen molar-refractivity contribution in [2.45, 2.75) is 25.3 Å². The van der Waals surface area contributed by atoms with Gasteiger partial charge in [-0.25, -0.2) is 0 Å². The molecule has 4 nitrogen and oxygen atoms in total. The van der Waals surface area contributed by atoms with Crippen LogP contribution in [0.5, 0.6) is 0 Å². The van der Waals surface area contributed by atoms with Crippen molar-refractivity contribution in [1.82, 2.24) is 10.2 Å². The topological polar surface area (TPSA) is 58.4 Å². The van der Waals surface area contributed by atoms with Crippen molar-refractivity contribution in [1.29, 1.82) is 0 Å². The van der Waals surface area contributed by atoms with Crippen LogP contribution in [0.1, 0.15) is 18.4 Å². The van der Waals surface area contributed by atoms with E-state index in [1.807, 2.05) is 30.3 Å². The maximum atomic E-state index is 12.0. The summed E-state index contributed by atoms with van der Waals surface area (Å²) in [5, 5.41) is 3.00. The summed E-state index contributed by atoms with van der Waals surface area (Å²) in [5.74, 6) is 0.517. The number of rotatable bonds is 5. The summed E-state index contributed by atoms with van der Waals surface area (Å²) in [7, 11) is 2.13. The van der Waals surface area contributed by atoms with Crippen molar-refractivity contribution in [3.05, 3.63) is 35.9 Å². The number of nitrogens with zero attached hydrogens (tertiary/aromatic N) is 1. The Morgan fingerprint density at radius 2 is 2.20 bits per heavy atom. The predicted molar refractivity (Wildman–Crippen MR) is 81.4 cm³/mol. The molecule has 3 N–H and O–H groups in total. The number of carbonyl (C=O) groups is 1. The van der Waals surface area contributed by atoms with E-state index in [0.717, 1.165) is 25.2 Å². The molecule has 1 aliphatic heterocycles. The number of hydrogen-bond donors (Lipinski definition) is 2. The van der Waals surface area contributed by atoms with Crippen LogP contribution in [-0.4, -0.2) is 43.5 Å². The van der Waals surface area contributed by atoms with Crippen molar-refractivity contribution in [3.8, 4) is 0 Å². The molecule has 0 saturated carbocycles. The predicted octanol–water partition coefficient (Wildman–Crippen LogP) is 1.01. The average Bonchev–Trinajstić information content (AvgIpc) is 2.46. The lowest BCUT2D eigenvalue weighted by Gasteiger charge is -2.30. The maximum Gasteiger partial charge on any atom is 0.237 e. The zero-order valence-electron chi connectivity index (χ0n) is 12.2. The van der Waals surface area contributed by atoms with Crippen molar-refractivity contribution >= 4 is 5.91 Å². The van der Waals surface area contributed by atoms with Gasteiger partial charge in [0.25, 0.3) is 0 Å². The van der Waals surface area contributed by atoms with Crippen LogP contribution in [0.4, 0.5) is 0 Å². The van der Waals surface area contributed by atoms with Crippen LogP contribution >= 0.6 is 0 Å². The first-order chi connectivity index (χ1) is 9.65. The Hall–Kier alpha value is -1.39. The summed E-state index contributed by atoms with van der Waals surface area (Å²) in [6.07, 6.45) is 3.00. The number of nitrogens with one attached hydrogen (secondary N) is 1. The van der Waals surface area contributed by atoms with E-state index in [4.69, 9.17) is 5.73 Å². The monoisotopic (exact) mass is 275 g/mol. The van der Waals surface area contributed by atoms with Gasteiger partial charge < -0.3 is 16.0 Å². The summed E-state index contributed by atoms with van der Waals surface area (Å²) in [6.45, 7) is 2.97. The van der Waals surface area contributed by atoms with Crippen molar-refractivity contribution in [2.24, 2.45) is 11.7 Å². The second-order valence-corrected chi connectivity index (χ2v) is 5.81. The molecule has 2 rings (SSSR count). The van der Waals surface area contributed by atoms with Gasteiger partial charge in [-0.3, -0.25) is 4.79 Å². The quantitative estimate of drug-likeness (QED) is 0.843. The summed E-state index contributed by atoms with van der Waals surface area (Å²) >= 11 is 0. The molecule has 4 heteroatoms. The van der Waals surface area contributed by atoms with E-state index in [1.54, 1.807) is 0 Å². The summed E-state index contributed by atoms with van der Waals surface area (Å²) in [6, 6.07) is 9.45. The molecule has 1 aromatic carbocycles. The molecule has 0 radical (unpaired) electrons. The van der Waals surface area contributed by atoms with E-state index >= 15 is 0 Å². The minimum Gasteiger partial charge on any atom is -0.354 e. The molecular formula is C16H25N3O. The van der Waals surface area contributed by atoms with Gasteiger partial charge in [-0.15, -0.1) is 0 Å².